The van der Waals surface area contributed by atoms with Crippen molar-refractivity contribution < 1.29 is 14.6 Å². The van der Waals surface area contributed by atoms with Gasteiger partial charge in [0.05, 0.1) is 12.7 Å². The predicted octanol–water partition coefficient (Wildman–Crippen LogP) is 4.94. The highest BCUT2D eigenvalue weighted by molar-refractivity contribution is 14.1. The molecule has 6 heteroatoms. The van der Waals surface area contributed by atoms with Crippen LogP contribution in [-0.4, -0.2) is 11.1 Å². The summed E-state index contributed by atoms with van der Waals surface area (Å²) >= 11 is 7.57. The molecule has 104 valence electrons. The smallest absolute Gasteiger partial charge is 0.335 e. The molecule has 20 heavy (non-hydrogen) atoms. The summed E-state index contributed by atoms with van der Waals surface area (Å²) in [7, 11) is 0. The van der Waals surface area contributed by atoms with Crippen molar-refractivity contribution in [2.24, 2.45) is 0 Å². The van der Waals surface area contributed by atoms with Gasteiger partial charge in [0.2, 0.25) is 0 Å². The number of hydrogen-bond donors (Lipinski definition) is 1. The van der Waals surface area contributed by atoms with Gasteiger partial charge in [-0.05, 0) is 75.0 Å². The van der Waals surface area contributed by atoms with E-state index in [4.69, 9.17) is 9.84 Å². The van der Waals surface area contributed by atoms with Gasteiger partial charge >= 0.3 is 5.97 Å². The molecule has 3 nitrogen and oxygen atoms in total. The third-order valence-electron chi connectivity index (χ3n) is 2.54. The molecule has 0 bridgehead atoms. The molecule has 1 N–H and O–H groups in total. The summed E-state index contributed by atoms with van der Waals surface area (Å²) in [4.78, 5) is 11.0. The maximum atomic E-state index is 11.0. The molecular formula is C14H9BrI2O3. The van der Waals surface area contributed by atoms with Crippen molar-refractivity contribution in [2.45, 2.75) is 6.61 Å². The van der Waals surface area contributed by atoms with Crippen LogP contribution in [0.4, 0.5) is 0 Å². The molecular weight excluding hydrogens is 550 g/mol. The van der Waals surface area contributed by atoms with Gasteiger partial charge in [-0.25, -0.2) is 4.79 Å². The number of aromatic carboxylic acids is 1. The van der Waals surface area contributed by atoms with E-state index in [1.807, 2.05) is 24.3 Å². The Kier molecular flexibility index (Phi) is 5.67. The van der Waals surface area contributed by atoms with Crippen molar-refractivity contribution in [3.05, 3.63) is 59.1 Å². The van der Waals surface area contributed by atoms with E-state index in [1.165, 1.54) is 0 Å². The van der Waals surface area contributed by atoms with E-state index in [1.54, 1.807) is 12.1 Å². The Morgan fingerprint density at radius 3 is 2.20 bits per heavy atom. The molecule has 0 aliphatic rings. The van der Waals surface area contributed by atoms with Crippen molar-refractivity contribution in [3.8, 4) is 5.75 Å². The second-order valence-corrected chi connectivity index (χ2v) is 7.23. The highest BCUT2D eigenvalue weighted by Crippen LogP contribution is 2.29. The van der Waals surface area contributed by atoms with Crippen molar-refractivity contribution in [1.82, 2.24) is 0 Å². The van der Waals surface area contributed by atoms with Crippen LogP contribution < -0.4 is 4.74 Å². The van der Waals surface area contributed by atoms with Crippen LogP contribution in [0.25, 0.3) is 0 Å². The number of rotatable bonds is 4. The highest BCUT2D eigenvalue weighted by atomic mass is 127. The number of carboxylic acid groups (broad SMARTS) is 1. The van der Waals surface area contributed by atoms with Crippen LogP contribution in [0.5, 0.6) is 5.75 Å². The first-order valence-corrected chi connectivity index (χ1v) is 8.52. The Morgan fingerprint density at radius 2 is 1.70 bits per heavy atom. The lowest BCUT2D eigenvalue weighted by Crippen LogP contribution is -2.03. The second-order valence-electron chi connectivity index (χ2n) is 3.99. The van der Waals surface area contributed by atoms with Gasteiger partial charge in [-0.15, -0.1) is 0 Å². The van der Waals surface area contributed by atoms with E-state index in [9.17, 15) is 4.79 Å². The molecule has 0 heterocycles. The SMILES string of the molecule is O=C(O)c1cc(I)c(OCc2ccc(Br)cc2)c(I)c1. The lowest BCUT2D eigenvalue weighted by molar-refractivity contribution is 0.0696. The molecule has 0 aromatic heterocycles. The van der Waals surface area contributed by atoms with Crippen LogP contribution in [0.15, 0.2) is 40.9 Å². The molecule has 0 fully saturated rings. The summed E-state index contributed by atoms with van der Waals surface area (Å²) in [6.45, 7) is 0.450. The van der Waals surface area contributed by atoms with E-state index >= 15 is 0 Å². The number of hydrogen-bond acceptors (Lipinski definition) is 2. The van der Waals surface area contributed by atoms with E-state index in [0.717, 1.165) is 22.9 Å². The van der Waals surface area contributed by atoms with Crippen molar-refractivity contribution in [3.63, 3.8) is 0 Å². The van der Waals surface area contributed by atoms with Crippen molar-refractivity contribution in [2.75, 3.05) is 0 Å². The van der Waals surface area contributed by atoms with Gasteiger partial charge in [0.15, 0.2) is 0 Å². The van der Waals surface area contributed by atoms with Gasteiger partial charge in [-0.1, -0.05) is 28.1 Å². The van der Waals surface area contributed by atoms with Gasteiger partial charge in [0.1, 0.15) is 12.4 Å². The first-order valence-electron chi connectivity index (χ1n) is 5.57. The third kappa shape index (κ3) is 4.08. The largest absolute Gasteiger partial charge is 0.487 e. The topological polar surface area (TPSA) is 46.5 Å². The van der Waals surface area contributed by atoms with Gasteiger partial charge in [-0.2, -0.15) is 0 Å². The summed E-state index contributed by atoms with van der Waals surface area (Å²) in [5.74, 6) is -0.209. The Labute approximate surface area is 152 Å². The van der Waals surface area contributed by atoms with Gasteiger partial charge < -0.3 is 9.84 Å². The zero-order valence-corrected chi connectivity index (χ0v) is 16.0. The van der Waals surface area contributed by atoms with Crippen molar-refractivity contribution >= 4 is 67.1 Å². The molecule has 0 atom stereocenters. The fourth-order valence-electron chi connectivity index (χ4n) is 1.56. The lowest BCUT2D eigenvalue weighted by Gasteiger charge is -2.11. The minimum Gasteiger partial charge on any atom is -0.487 e. The maximum absolute atomic E-state index is 11.0. The average molecular weight is 559 g/mol. The van der Waals surface area contributed by atoms with Crippen LogP contribution >= 0.6 is 61.1 Å². The first-order chi connectivity index (χ1) is 9.47. The first kappa shape index (κ1) is 16.0. The molecule has 0 unspecified atom stereocenters. The number of halogens is 3. The van der Waals surface area contributed by atoms with Gasteiger partial charge in [0.25, 0.3) is 0 Å². The molecule has 0 radical (unpaired) electrons. The van der Waals surface area contributed by atoms with Crippen LogP contribution in [0, 0.1) is 7.14 Å². The van der Waals surface area contributed by atoms with E-state index in [0.29, 0.717) is 6.61 Å². The number of carboxylic acids is 1. The standard InChI is InChI=1S/C14H9BrI2O3/c15-10-3-1-8(2-4-10)7-20-13-11(16)5-9(14(18)19)6-12(13)17/h1-6H,7H2,(H,18,19). The fraction of sp³-hybridized carbons (Fsp3) is 0.0714. The molecule has 0 saturated carbocycles. The molecule has 2 rings (SSSR count). The average Bonchev–Trinajstić information content (AvgIpc) is 2.39. The second kappa shape index (κ2) is 7.08. The van der Waals surface area contributed by atoms with E-state index in [2.05, 4.69) is 61.1 Å². The van der Waals surface area contributed by atoms with E-state index in [-0.39, 0.29) is 5.56 Å². The van der Waals surface area contributed by atoms with Gasteiger partial charge in [0, 0.05) is 4.47 Å². The Balaban J connectivity index is 2.17. The zero-order chi connectivity index (χ0) is 14.7. The lowest BCUT2D eigenvalue weighted by atomic mass is 10.2. The van der Waals surface area contributed by atoms with Crippen LogP contribution in [0.3, 0.4) is 0 Å². The molecule has 0 spiro atoms. The molecule has 0 aliphatic heterocycles. The summed E-state index contributed by atoms with van der Waals surface area (Å²) in [6.07, 6.45) is 0. The Bertz CT molecular complexity index is 618. The predicted molar refractivity (Wildman–Crippen MR) is 97.3 cm³/mol. The highest BCUT2D eigenvalue weighted by Gasteiger charge is 2.12. The third-order valence-corrected chi connectivity index (χ3v) is 4.67. The molecule has 2 aromatic carbocycles. The molecule has 0 aliphatic carbocycles. The van der Waals surface area contributed by atoms with E-state index < -0.39 is 5.97 Å². The maximum Gasteiger partial charge on any atom is 0.335 e. The zero-order valence-electron chi connectivity index (χ0n) is 10.1. The number of ether oxygens (including phenoxy) is 1. The Hall–Kier alpha value is -0.350. The van der Waals surface area contributed by atoms with Crippen LogP contribution in [0.2, 0.25) is 0 Å². The fourth-order valence-corrected chi connectivity index (χ4v) is 3.90. The number of carbonyl (C=O) groups is 1. The summed E-state index contributed by atoms with van der Waals surface area (Å²) in [6, 6.07) is 11.1. The summed E-state index contributed by atoms with van der Waals surface area (Å²) < 4.78 is 8.42. The van der Waals surface area contributed by atoms with Crippen molar-refractivity contribution in [1.29, 1.82) is 0 Å². The quantitative estimate of drug-likeness (QED) is 0.541. The molecule has 2 aromatic rings. The number of benzene rings is 2. The molecule has 0 saturated heterocycles. The van der Waals surface area contributed by atoms with Gasteiger partial charge in [-0.3, -0.25) is 0 Å². The summed E-state index contributed by atoms with van der Waals surface area (Å²) in [5.41, 5.74) is 1.33. The normalized spacial score (nSPS) is 10.3. The van der Waals surface area contributed by atoms with Crippen LogP contribution in [-0.2, 0) is 6.61 Å². The minimum atomic E-state index is -0.930. The Morgan fingerprint density at radius 1 is 1.15 bits per heavy atom. The summed E-state index contributed by atoms with van der Waals surface area (Å²) in [5, 5.41) is 9.01. The monoisotopic (exact) mass is 558 g/mol. The minimum absolute atomic E-state index is 0.273. The van der Waals surface area contributed by atoms with Crippen LogP contribution in [0.1, 0.15) is 15.9 Å². The molecule has 0 amide bonds.